The normalized spacial score (nSPS) is 10.8. The number of benzene rings is 2. The Morgan fingerprint density at radius 2 is 1.91 bits per heavy atom. The van der Waals surface area contributed by atoms with E-state index in [-0.39, 0.29) is 0 Å². The van der Waals surface area contributed by atoms with Crippen molar-refractivity contribution in [1.82, 2.24) is 19.9 Å². The third kappa shape index (κ3) is 5.73. The highest BCUT2D eigenvalue weighted by molar-refractivity contribution is 9.10. The van der Waals surface area contributed by atoms with Gasteiger partial charge in [-0.3, -0.25) is 4.98 Å². The molecule has 2 heterocycles. The summed E-state index contributed by atoms with van der Waals surface area (Å²) in [6, 6.07) is 15.2. The number of ether oxygens (including phenoxy) is 2. The van der Waals surface area contributed by atoms with E-state index in [4.69, 9.17) is 33.3 Å². The first-order chi connectivity index (χ1) is 16.0. The van der Waals surface area contributed by atoms with Gasteiger partial charge in [-0.05, 0) is 66.7 Å². The number of H-pyrrole nitrogens is 1. The van der Waals surface area contributed by atoms with Crippen molar-refractivity contribution in [2.45, 2.75) is 20.1 Å². The van der Waals surface area contributed by atoms with Gasteiger partial charge in [-0.15, -0.1) is 0 Å². The van der Waals surface area contributed by atoms with Crippen LogP contribution in [0.25, 0.3) is 11.4 Å². The summed E-state index contributed by atoms with van der Waals surface area (Å²) in [5, 5.41) is 7.84. The lowest BCUT2D eigenvalue weighted by atomic mass is 10.2. The standard InChI is InChI=1S/C23H21BrClN5O2S/c1-2-31-20-11-17(19(24)12-21(20)32-14-15-4-3-5-18(25)10-15)13-27-30-22(28-29-23(30)33)16-6-8-26-9-7-16/h3-12,27H,2,13-14H2,1H3,(H,29,33). The summed E-state index contributed by atoms with van der Waals surface area (Å²) in [4.78, 5) is 4.05. The Hall–Kier alpha value is -2.88. The van der Waals surface area contributed by atoms with Gasteiger partial charge in [0.25, 0.3) is 0 Å². The SMILES string of the molecule is CCOc1cc(CNn2c(-c3ccncc3)n[nH]c2=S)c(Br)cc1OCc1cccc(Cl)c1. The molecule has 2 aromatic carbocycles. The van der Waals surface area contributed by atoms with Crippen LogP contribution in [0, 0.1) is 4.77 Å². The van der Waals surface area contributed by atoms with Crippen LogP contribution in [0.5, 0.6) is 11.5 Å². The maximum absolute atomic E-state index is 6.08. The van der Waals surface area contributed by atoms with Gasteiger partial charge in [0.2, 0.25) is 4.77 Å². The molecule has 0 saturated heterocycles. The van der Waals surface area contributed by atoms with E-state index in [1.165, 1.54) is 0 Å². The molecule has 2 N–H and O–H groups in total. The van der Waals surface area contributed by atoms with Gasteiger partial charge in [0.05, 0.1) is 13.2 Å². The van der Waals surface area contributed by atoms with Gasteiger partial charge >= 0.3 is 0 Å². The predicted molar refractivity (Wildman–Crippen MR) is 135 cm³/mol. The first-order valence-corrected chi connectivity index (χ1v) is 11.8. The summed E-state index contributed by atoms with van der Waals surface area (Å²) in [6.07, 6.45) is 3.43. The molecule has 0 aliphatic rings. The van der Waals surface area contributed by atoms with Crippen molar-refractivity contribution >= 4 is 39.7 Å². The van der Waals surface area contributed by atoms with E-state index >= 15 is 0 Å². The van der Waals surface area contributed by atoms with E-state index in [0.717, 1.165) is 21.2 Å². The molecule has 0 aliphatic carbocycles. The van der Waals surface area contributed by atoms with Crippen molar-refractivity contribution in [3.8, 4) is 22.9 Å². The minimum Gasteiger partial charge on any atom is -0.490 e. The second kappa shape index (κ2) is 10.8. The van der Waals surface area contributed by atoms with E-state index in [0.29, 0.717) is 46.9 Å². The molecule has 0 aliphatic heterocycles. The zero-order valence-corrected chi connectivity index (χ0v) is 20.9. The number of aromatic amines is 1. The summed E-state index contributed by atoms with van der Waals surface area (Å²) < 4.78 is 15.0. The Kier molecular flexibility index (Phi) is 7.64. The minimum absolute atomic E-state index is 0.379. The number of aromatic nitrogens is 4. The molecule has 33 heavy (non-hydrogen) atoms. The molecule has 0 radical (unpaired) electrons. The van der Waals surface area contributed by atoms with Crippen LogP contribution in [-0.2, 0) is 13.2 Å². The Bertz CT molecular complexity index is 1300. The van der Waals surface area contributed by atoms with Crippen LogP contribution in [-0.4, -0.2) is 26.5 Å². The number of pyridine rings is 1. The average molecular weight is 547 g/mol. The van der Waals surface area contributed by atoms with Gasteiger partial charge in [-0.2, -0.15) is 5.10 Å². The summed E-state index contributed by atoms with van der Waals surface area (Å²) in [6.45, 7) is 3.30. The van der Waals surface area contributed by atoms with Gasteiger partial charge in [0.1, 0.15) is 6.61 Å². The topological polar surface area (TPSA) is 77.0 Å². The van der Waals surface area contributed by atoms with Crippen LogP contribution in [0.3, 0.4) is 0 Å². The molecule has 2 aromatic heterocycles. The lowest BCUT2D eigenvalue weighted by molar-refractivity contribution is 0.269. The van der Waals surface area contributed by atoms with E-state index in [9.17, 15) is 0 Å². The predicted octanol–water partition coefficient (Wildman–Crippen LogP) is 6.14. The Labute approximate surface area is 209 Å². The number of nitrogens with one attached hydrogen (secondary N) is 2. The molecule has 0 saturated carbocycles. The van der Waals surface area contributed by atoms with Crippen LogP contribution >= 0.6 is 39.7 Å². The van der Waals surface area contributed by atoms with Gasteiger partial charge in [-0.25, -0.2) is 9.77 Å². The van der Waals surface area contributed by atoms with Crippen molar-refractivity contribution in [3.05, 3.63) is 86.3 Å². The van der Waals surface area contributed by atoms with Crippen molar-refractivity contribution in [1.29, 1.82) is 0 Å². The Morgan fingerprint density at radius 1 is 1.12 bits per heavy atom. The molecular formula is C23H21BrClN5O2S. The minimum atomic E-state index is 0.379. The van der Waals surface area contributed by atoms with Crippen molar-refractivity contribution in [2.75, 3.05) is 12.0 Å². The first-order valence-electron chi connectivity index (χ1n) is 10.2. The van der Waals surface area contributed by atoms with E-state index in [1.54, 1.807) is 17.1 Å². The summed E-state index contributed by atoms with van der Waals surface area (Å²) >= 11 is 15.1. The molecule has 4 rings (SSSR count). The highest BCUT2D eigenvalue weighted by atomic mass is 79.9. The number of nitrogens with zero attached hydrogens (tertiary/aromatic N) is 3. The molecule has 0 bridgehead atoms. The van der Waals surface area contributed by atoms with Crippen LogP contribution in [0.2, 0.25) is 5.02 Å². The van der Waals surface area contributed by atoms with Crippen molar-refractivity contribution in [2.24, 2.45) is 0 Å². The Balaban J connectivity index is 1.54. The van der Waals surface area contributed by atoms with Crippen molar-refractivity contribution in [3.63, 3.8) is 0 Å². The lowest BCUT2D eigenvalue weighted by Crippen LogP contribution is -2.16. The third-order valence-electron chi connectivity index (χ3n) is 4.73. The summed E-state index contributed by atoms with van der Waals surface area (Å²) in [5.41, 5.74) is 6.17. The maximum Gasteiger partial charge on any atom is 0.214 e. The van der Waals surface area contributed by atoms with Crippen LogP contribution < -0.4 is 14.9 Å². The average Bonchev–Trinajstić information content (AvgIpc) is 3.19. The fourth-order valence-corrected chi connectivity index (χ4v) is 4.06. The fraction of sp³-hybridized carbons (Fsp3) is 0.174. The molecule has 7 nitrogen and oxygen atoms in total. The highest BCUT2D eigenvalue weighted by Crippen LogP contribution is 2.34. The largest absolute Gasteiger partial charge is 0.490 e. The van der Waals surface area contributed by atoms with E-state index in [1.807, 2.05) is 55.5 Å². The van der Waals surface area contributed by atoms with Crippen LogP contribution in [0.1, 0.15) is 18.1 Å². The third-order valence-corrected chi connectivity index (χ3v) is 5.98. The quantitative estimate of drug-likeness (QED) is 0.246. The highest BCUT2D eigenvalue weighted by Gasteiger charge is 2.13. The van der Waals surface area contributed by atoms with Crippen molar-refractivity contribution < 1.29 is 9.47 Å². The smallest absolute Gasteiger partial charge is 0.214 e. The van der Waals surface area contributed by atoms with Gasteiger partial charge in [-0.1, -0.05) is 39.7 Å². The zero-order valence-electron chi connectivity index (χ0n) is 17.7. The maximum atomic E-state index is 6.08. The lowest BCUT2D eigenvalue weighted by Gasteiger charge is -2.16. The molecule has 0 fully saturated rings. The fourth-order valence-electron chi connectivity index (χ4n) is 3.18. The molecule has 0 unspecified atom stereocenters. The number of hydrogen-bond donors (Lipinski definition) is 2. The Morgan fingerprint density at radius 3 is 2.67 bits per heavy atom. The number of halogens is 2. The monoisotopic (exact) mass is 545 g/mol. The van der Waals surface area contributed by atoms with Crippen LogP contribution in [0.4, 0.5) is 0 Å². The van der Waals surface area contributed by atoms with Gasteiger partial charge in [0, 0.05) is 27.5 Å². The van der Waals surface area contributed by atoms with E-state index < -0.39 is 0 Å². The summed E-state index contributed by atoms with van der Waals surface area (Å²) in [7, 11) is 0. The second-order valence-electron chi connectivity index (χ2n) is 7.00. The van der Waals surface area contributed by atoms with Gasteiger partial charge in [0.15, 0.2) is 17.3 Å². The molecule has 0 amide bonds. The first kappa shape index (κ1) is 23.3. The zero-order chi connectivity index (χ0) is 23.2. The van der Waals surface area contributed by atoms with Gasteiger partial charge < -0.3 is 14.9 Å². The number of rotatable bonds is 9. The molecule has 4 aromatic rings. The molecule has 0 atom stereocenters. The molecule has 170 valence electrons. The molecule has 0 spiro atoms. The molecule has 10 heteroatoms. The van der Waals surface area contributed by atoms with E-state index in [2.05, 4.69) is 36.5 Å². The van der Waals surface area contributed by atoms with Crippen LogP contribution in [0.15, 0.2) is 65.4 Å². The number of hydrogen-bond acceptors (Lipinski definition) is 6. The summed E-state index contributed by atoms with van der Waals surface area (Å²) in [5.74, 6) is 1.97. The molecular weight excluding hydrogens is 526 g/mol. The second-order valence-corrected chi connectivity index (χ2v) is 8.68.